The highest BCUT2D eigenvalue weighted by atomic mass is 16.4. The molecule has 112 valence electrons. The van der Waals surface area contributed by atoms with Gasteiger partial charge in [0.1, 0.15) is 0 Å². The molecule has 1 aromatic heterocycles. The Morgan fingerprint density at radius 3 is 2.38 bits per heavy atom. The Labute approximate surface area is 124 Å². The van der Waals surface area contributed by atoms with E-state index in [9.17, 15) is 14.7 Å². The lowest BCUT2D eigenvalue weighted by Crippen LogP contribution is -2.41. The average Bonchev–Trinajstić information content (AvgIpc) is 2.53. The number of pyridine rings is 1. The molecule has 3 atom stereocenters. The van der Waals surface area contributed by atoms with Crippen LogP contribution in [0.25, 0.3) is 0 Å². The normalized spacial score (nSPS) is 22.6. The molecular formula is C16H20N2O3. The first-order chi connectivity index (χ1) is 10.0. The van der Waals surface area contributed by atoms with E-state index in [1.165, 1.54) is 0 Å². The maximum atomic E-state index is 12.6. The Balaban J connectivity index is 2.14. The van der Waals surface area contributed by atoms with Crippen molar-refractivity contribution < 1.29 is 14.7 Å². The van der Waals surface area contributed by atoms with Crippen molar-refractivity contribution in [2.45, 2.75) is 25.8 Å². The number of amides is 1. The summed E-state index contributed by atoms with van der Waals surface area (Å²) in [5.41, 5.74) is 0.985. The Morgan fingerprint density at radius 2 is 1.81 bits per heavy atom. The summed E-state index contributed by atoms with van der Waals surface area (Å²) in [5.74, 6) is -2.13. The van der Waals surface area contributed by atoms with Crippen molar-refractivity contribution in [1.29, 1.82) is 0 Å². The van der Waals surface area contributed by atoms with Crippen LogP contribution in [0.2, 0.25) is 0 Å². The molecule has 21 heavy (non-hydrogen) atoms. The predicted octanol–water partition coefficient (Wildman–Crippen LogP) is 2.27. The fourth-order valence-corrected chi connectivity index (χ4v) is 2.68. The Morgan fingerprint density at radius 1 is 1.24 bits per heavy atom. The number of allylic oxidation sites excluding steroid dienone is 2. The molecule has 0 saturated heterocycles. The van der Waals surface area contributed by atoms with E-state index in [-0.39, 0.29) is 11.9 Å². The fourth-order valence-electron chi connectivity index (χ4n) is 2.68. The maximum absolute atomic E-state index is 12.6. The number of nitrogens with zero attached hydrogens (tertiary/aromatic N) is 2. The van der Waals surface area contributed by atoms with Crippen LogP contribution in [-0.4, -0.2) is 33.9 Å². The number of carbonyl (C=O) groups excluding carboxylic acids is 1. The van der Waals surface area contributed by atoms with Gasteiger partial charge in [0.15, 0.2) is 0 Å². The van der Waals surface area contributed by atoms with Crippen LogP contribution in [0, 0.1) is 11.8 Å². The van der Waals surface area contributed by atoms with Gasteiger partial charge < -0.3 is 10.0 Å². The third-order valence-electron chi connectivity index (χ3n) is 4.18. The van der Waals surface area contributed by atoms with E-state index in [4.69, 9.17) is 0 Å². The molecule has 0 fully saturated rings. The number of carboxylic acids is 1. The van der Waals surface area contributed by atoms with E-state index in [0.717, 1.165) is 5.56 Å². The zero-order valence-corrected chi connectivity index (χ0v) is 12.3. The first-order valence-electron chi connectivity index (χ1n) is 7.06. The van der Waals surface area contributed by atoms with Crippen molar-refractivity contribution >= 4 is 11.9 Å². The van der Waals surface area contributed by atoms with Crippen molar-refractivity contribution in [2.24, 2.45) is 11.8 Å². The summed E-state index contributed by atoms with van der Waals surface area (Å²) in [6.07, 6.45) is 8.02. The second kappa shape index (κ2) is 6.52. The van der Waals surface area contributed by atoms with Crippen LogP contribution in [-0.2, 0) is 9.59 Å². The summed E-state index contributed by atoms with van der Waals surface area (Å²) in [7, 11) is 1.73. The van der Waals surface area contributed by atoms with E-state index in [1.807, 2.05) is 31.2 Å². The molecule has 1 heterocycles. The summed E-state index contributed by atoms with van der Waals surface area (Å²) < 4.78 is 0. The van der Waals surface area contributed by atoms with Gasteiger partial charge in [-0.05, 0) is 37.5 Å². The van der Waals surface area contributed by atoms with Crippen molar-refractivity contribution in [2.75, 3.05) is 7.05 Å². The second-order valence-corrected chi connectivity index (χ2v) is 5.40. The Bertz CT molecular complexity index is 542. The van der Waals surface area contributed by atoms with Crippen LogP contribution in [0.3, 0.4) is 0 Å². The highest BCUT2D eigenvalue weighted by Gasteiger charge is 2.36. The van der Waals surface area contributed by atoms with Crippen LogP contribution in [0.1, 0.15) is 31.4 Å². The van der Waals surface area contributed by atoms with Crippen LogP contribution in [0.5, 0.6) is 0 Å². The standard InChI is InChI=1S/C16H20N2O3/c1-11(12-7-9-17-10-8-12)18(2)15(19)13-5-3-4-6-14(13)16(20)21/h3-4,7-11,13-14H,5-6H2,1-2H3,(H,20,21). The molecule has 2 rings (SSSR count). The topological polar surface area (TPSA) is 70.5 Å². The molecule has 0 bridgehead atoms. The lowest BCUT2D eigenvalue weighted by atomic mass is 9.82. The van der Waals surface area contributed by atoms with Crippen molar-refractivity contribution in [3.63, 3.8) is 0 Å². The average molecular weight is 288 g/mol. The first-order valence-corrected chi connectivity index (χ1v) is 7.06. The summed E-state index contributed by atoms with van der Waals surface area (Å²) >= 11 is 0. The Hall–Kier alpha value is -2.17. The molecule has 1 amide bonds. The smallest absolute Gasteiger partial charge is 0.307 e. The van der Waals surface area contributed by atoms with E-state index in [1.54, 1.807) is 24.3 Å². The molecule has 1 N–H and O–H groups in total. The molecule has 5 nitrogen and oxygen atoms in total. The third-order valence-corrected chi connectivity index (χ3v) is 4.18. The number of carbonyl (C=O) groups is 2. The van der Waals surface area contributed by atoms with Crippen LogP contribution < -0.4 is 0 Å². The molecule has 5 heteroatoms. The number of hydrogen-bond donors (Lipinski definition) is 1. The monoisotopic (exact) mass is 288 g/mol. The van der Waals surface area contributed by atoms with Crippen LogP contribution >= 0.6 is 0 Å². The van der Waals surface area contributed by atoms with E-state index < -0.39 is 17.8 Å². The number of hydrogen-bond acceptors (Lipinski definition) is 3. The molecule has 0 radical (unpaired) electrons. The molecule has 3 unspecified atom stereocenters. The number of rotatable bonds is 4. The summed E-state index contributed by atoms with van der Waals surface area (Å²) in [5, 5.41) is 9.28. The Kier molecular flexibility index (Phi) is 4.73. The van der Waals surface area contributed by atoms with Crippen LogP contribution in [0.4, 0.5) is 0 Å². The summed E-state index contributed by atoms with van der Waals surface area (Å²) in [4.78, 5) is 29.6. The lowest BCUT2D eigenvalue weighted by Gasteiger charge is -2.32. The van der Waals surface area contributed by atoms with Crippen molar-refractivity contribution in [3.8, 4) is 0 Å². The molecule has 0 aromatic carbocycles. The zero-order valence-electron chi connectivity index (χ0n) is 12.3. The minimum Gasteiger partial charge on any atom is -0.481 e. The fraction of sp³-hybridized carbons (Fsp3) is 0.438. The first kappa shape index (κ1) is 15.2. The van der Waals surface area contributed by atoms with Crippen molar-refractivity contribution in [1.82, 2.24) is 9.88 Å². The SMILES string of the molecule is CC(c1ccncc1)N(C)C(=O)C1CC=CCC1C(=O)O. The van der Waals surface area contributed by atoms with Gasteiger partial charge in [0.2, 0.25) is 5.91 Å². The summed E-state index contributed by atoms with van der Waals surface area (Å²) in [6.45, 7) is 1.93. The molecule has 1 aromatic rings. The molecule has 0 saturated carbocycles. The molecule has 0 aliphatic heterocycles. The van der Waals surface area contributed by atoms with Gasteiger partial charge in [-0.3, -0.25) is 14.6 Å². The highest BCUT2D eigenvalue weighted by Crippen LogP contribution is 2.30. The van der Waals surface area contributed by atoms with E-state index in [2.05, 4.69) is 4.98 Å². The largest absolute Gasteiger partial charge is 0.481 e. The van der Waals surface area contributed by atoms with E-state index in [0.29, 0.717) is 12.8 Å². The van der Waals surface area contributed by atoms with Gasteiger partial charge in [-0.2, -0.15) is 0 Å². The van der Waals surface area contributed by atoms with E-state index >= 15 is 0 Å². The third kappa shape index (κ3) is 3.29. The predicted molar refractivity (Wildman–Crippen MR) is 78.4 cm³/mol. The molecule has 1 aliphatic carbocycles. The van der Waals surface area contributed by atoms with Gasteiger partial charge in [-0.25, -0.2) is 0 Å². The van der Waals surface area contributed by atoms with Gasteiger partial charge in [0.05, 0.1) is 17.9 Å². The van der Waals surface area contributed by atoms with Crippen molar-refractivity contribution in [3.05, 3.63) is 42.2 Å². The zero-order chi connectivity index (χ0) is 15.4. The highest BCUT2D eigenvalue weighted by molar-refractivity contribution is 5.85. The number of carboxylic acid groups (broad SMARTS) is 1. The molecule has 1 aliphatic rings. The van der Waals surface area contributed by atoms with Crippen LogP contribution in [0.15, 0.2) is 36.7 Å². The van der Waals surface area contributed by atoms with Gasteiger partial charge in [0, 0.05) is 19.4 Å². The van der Waals surface area contributed by atoms with Gasteiger partial charge in [-0.1, -0.05) is 12.2 Å². The second-order valence-electron chi connectivity index (χ2n) is 5.40. The molecule has 0 spiro atoms. The lowest BCUT2D eigenvalue weighted by molar-refractivity contribution is -0.150. The summed E-state index contributed by atoms with van der Waals surface area (Å²) in [6, 6.07) is 3.62. The number of aromatic nitrogens is 1. The minimum atomic E-state index is -0.900. The molecular weight excluding hydrogens is 268 g/mol. The van der Waals surface area contributed by atoms with Gasteiger partial charge in [0.25, 0.3) is 0 Å². The minimum absolute atomic E-state index is 0.110. The maximum Gasteiger partial charge on any atom is 0.307 e. The quantitative estimate of drug-likeness (QED) is 0.863. The van der Waals surface area contributed by atoms with Gasteiger partial charge >= 0.3 is 5.97 Å². The van der Waals surface area contributed by atoms with Gasteiger partial charge in [-0.15, -0.1) is 0 Å². The number of aliphatic carboxylic acids is 1.